The van der Waals surface area contributed by atoms with Crippen LogP contribution in [-0.4, -0.2) is 120 Å². The van der Waals surface area contributed by atoms with E-state index in [4.69, 9.17) is 22.3 Å². The van der Waals surface area contributed by atoms with Gasteiger partial charge in [-0.1, -0.05) is 26.0 Å². The van der Waals surface area contributed by atoms with Crippen LogP contribution in [0.5, 0.6) is 5.75 Å². The number of aliphatic imine (C=N–C) groups is 1. The third-order valence-electron chi connectivity index (χ3n) is 12.2. The summed E-state index contributed by atoms with van der Waals surface area (Å²) in [6, 6.07) is 1.69. The summed E-state index contributed by atoms with van der Waals surface area (Å²) >= 11 is 0. The summed E-state index contributed by atoms with van der Waals surface area (Å²) in [7, 11) is 0. The number of nitrogens with two attached hydrogens (primary N) is 3. The van der Waals surface area contributed by atoms with E-state index >= 15 is 0 Å². The molecular weight excluding hydrogens is 831 g/mol. The van der Waals surface area contributed by atoms with Crippen LogP contribution in [0, 0.1) is 29.6 Å². The number of nitrogens with zero attached hydrogens (tertiary/aromatic N) is 3. The molecule has 64 heavy (non-hydrogen) atoms. The lowest BCUT2D eigenvalue weighted by Crippen LogP contribution is -2.50. The number of carboxylic acids is 2. The molecular formula is C44H63N9O11. The highest BCUT2D eigenvalue weighted by molar-refractivity contribution is 5.96. The third-order valence-corrected chi connectivity index (χ3v) is 12.2. The number of nitrogens with one attached hydrogen (secondary N) is 3. The molecule has 4 rings (SSSR count). The van der Waals surface area contributed by atoms with Crippen LogP contribution < -0.4 is 27.8 Å². The first-order valence-electron chi connectivity index (χ1n) is 21.8. The van der Waals surface area contributed by atoms with E-state index in [2.05, 4.69) is 25.6 Å². The number of aromatic nitrogens is 2. The number of aliphatic carboxylic acids is 2. The van der Waals surface area contributed by atoms with Crippen molar-refractivity contribution in [3.63, 3.8) is 0 Å². The molecule has 1 saturated heterocycles. The molecule has 12 N–H and O–H groups in total. The summed E-state index contributed by atoms with van der Waals surface area (Å²) in [5, 5.41) is 34.0. The zero-order valence-corrected chi connectivity index (χ0v) is 36.4. The van der Waals surface area contributed by atoms with Crippen molar-refractivity contribution in [3.05, 3.63) is 48.0 Å². The minimum absolute atomic E-state index is 0.0180. The van der Waals surface area contributed by atoms with Crippen molar-refractivity contribution >= 4 is 53.0 Å². The lowest BCUT2D eigenvalue weighted by Gasteiger charge is -2.35. The fraction of sp³-hybridized carbons (Fsp3) is 0.591. The van der Waals surface area contributed by atoms with Crippen molar-refractivity contribution in [3.8, 4) is 5.75 Å². The first-order valence-corrected chi connectivity index (χ1v) is 21.8. The van der Waals surface area contributed by atoms with E-state index in [1.54, 1.807) is 32.2 Å². The zero-order chi connectivity index (χ0) is 47.1. The van der Waals surface area contributed by atoms with Crippen molar-refractivity contribution < 1.29 is 53.7 Å². The van der Waals surface area contributed by atoms with E-state index in [1.807, 2.05) is 0 Å². The molecule has 0 radical (unpaired) electrons. The minimum atomic E-state index is -1.43. The van der Waals surface area contributed by atoms with Crippen molar-refractivity contribution in [2.75, 3.05) is 13.1 Å². The van der Waals surface area contributed by atoms with Crippen molar-refractivity contribution in [2.45, 2.75) is 121 Å². The van der Waals surface area contributed by atoms with Gasteiger partial charge in [0, 0.05) is 62.5 Å². The second-order valence-corrected chi connectivity index (χ2v) is 17.4. The molecule has 1 saturated carbocycles. The number of hydrogen-bond acceptors (Lipinski definition) is 12. The molecule has 20 heteroatoms. The van der Waals surface area contributed by atoms with Crippen LogP contribution in [-0.2, 0) is 51.2 Å². The molecule has 1 aliphatic carbocycles. The Kier molecular flexibility index (Phi) is 19.0. The van der Waals surface area contributed by atoms with Gasteiger partial charge in [0.2, 0.25) is 17.7 Å². The molecule has 2 aromatic rings. The van der Waals surface area contributed by atoms with Gasteiger partial charge in [-0.3, -0.25) is 38.6 Å². The molecule has 1 aromatic carbocycles. The number of aromatic amines is 1. The maximum Gasteiger partial charge on any atom is 0.326 e. The lowest BCUT2D eigenvalue weighted by atomic mass is 9.69. The first-order chi connectivity index (χ1) is 30.3. The normalized spacial score (nSPS) is 19.3. The second-order valence-electron chi connectivity index (χ2n) is 17.4. The Hall–Kier alpha value is -6.18. The van der Waals surface area contributed by atoms with Gasteiger partial charge in [-0.2, -0.15) is 0 Å². The maximum absolute atomic E-state index is 14.0. The number of benzene rings is 1. The molecule has 350 valence electrons. The Morgan fingerprint density at radius 3 is 2.22 bits per heavy atom. The topological polar surface area (TPSA) is 344 Å². The Bertz CT molecular complexity index is 1980. The average molecular weight is 894 g/mol. The van der Waals surface area contributed by atoms with E-state index < -0.39 is 77.9 Å². The SMILES string of the molecule is CC(C)[C@H](CC(=O)[C@H](CCCN=C(N)N)NC(=O)[C@@H](N)CC(=O)O)C(=O)N[C@@H](Cc1ccc(O)cc1)C(=O)CCC1CC(C(=O)C[C@@H](Cc2cnc[nH]2)C(=O)N2CCC[C@H]2C(=O)O)C1. The number of rotatable bonds is 27. The van der Waals surface area contributed by atoms with Gasteiger partial charge in [-0.05, 0) is 80.9 Å². The van der Waals surface area contributed by atoms with E-state index in [1.165, 1.54) is 23.4 Å². The van der Waals surface area contributed by atoms with Crippen LogP contribution in [0.2, 0.25) is 0 Å². The standard InChI is InChI=1S/C44H63N9O11/c1-24(2)31(20-38(57)33(5-3-13-49-44(46)47)51-41(61)32(45)21-39(58)59)40(60)52-34(17-25-7-10-30(54)11-8-25)36(55)12-9-26-15-27(16-26)37(56)19-28(18-29-22-48-23-50-29)42(62)53-14-4-6-35(53)43(63)64/h7-8,10-11,22-24,26-28,31-35,54H,3-6,9,12-21,45H2,1-2H3,(H,48,50)(H,51,61)(H,52,60)(H,58,59)(H,63,64)(H4,46,47,49)/t26?,27?,28-,31+,32+,33+,34+,35+/m1/s1. The molecule has 0 unspecified atom stereocenters. The number of hydrogen-bond donors (Lipinski definition) is 9. The highest BCUT2D eigenvalue weighted by Crippen LogP contribution is 2.39. The monoisotopic (exact) mass is 893 g/mol. The second kappa shape index (κ2) is 24.0. The number of aromatic hydroxyl groups is 1. The average Bonchev–Trinajstić information content (AvgIpc) is 3.93. The van der Waals surface area contributed by atoms with Crippen molar-refractivity contribution in [2.24, 2.45) is 51.8 Å². The number of carboxylic acid groups (broad SMARTS) is 2. The highest BCUT2D eigenvalue weighted by Gasteiger charge is 2.41. The Morgan fingerprint density at radius 2 is 1.61 bits per heavy atom. The van der Waals surface area contributed by atoms with Crippen LogP contribution >= 0.6 is 0 Å². The molecule has 2 aliphatic rings. The molecule has 2 heterocycles. The van der Waals surface area contributed by atoms with Gasteiger partial charge in [0.25, 0.3) is 0 Å². The number of phenolic OH excluding ortho intramolecular Hbond substituents is 1. The number of Topliss-reactive ketones (excluding diaryl/α,β-unsaturated/α-hetero) is 3. The molecule has 20 nitrogen and oxygen atoms in total. The number of carbonyl (C=O) groups excluding carboxylic acids is 6. The fourth-order valence-electron chi connectivity index (χ4n) is 8.35. The maximum atomic E-state index is 14.0. The smallest absolute Gasteiger partial charge is 0.326 e. The van der Waals surface area contributed by atoms with Gasteiger partial charge < -0.3 is 53.0 Å². The summed E-state index contributed by atoms with van der Waals surface area (Å²) < 4.78 is 0. The van der Waals surface area contributed by atoms with Crippen LogP contribution in [0.3, 0.4) is 0 Å². The minimum Gasteiger partial charge on any atom is -0.508 e. The third kappa shape index (κ3) is 15.3. The molecule has 1 aromatic heterocycles. The number of H-pyrrole nitrogens is 1. The zero-order valence-electron chi connectivity index (χ0n) is 36.4. The van der Waals surface area contributed by atoms with Crippen molar-refractivity contribution in [1.29, 1.82) is 0 Å². The molecule has 6 atom stereocenters. The van der Waals surface area contributed by atoms with Gasteiger partial charge in [-0.25, -0.2) is 9.78 Å². The molecule has 0 bridgehead atoms. The van der Waals surface area contributed by atoms with Gasteiger partial charge in [0.05, 0.1) is 36.8 Å². The molecule has 0 spiro atoms. The van der Waals surface area contributed by atoms with E-state index in [0.29, 0.717) is 49.9 Å². The lowest BCUT2D eigenvalue weighted by molar-refractivity contribution is -0.150. The quantitative estimate of drug-likeness (QED) is 0.0343. The summed E-state index contributed by atoms with van der Waals surface area (Å²) in [5.41, 5.74) is 17.9. The van der Waals surface area contributed by atoms with Gasteiger partial charge in [-0.15, -0.1) is 0 Å². The summed E-state index contributed by atoms with van der Waals surface area (Å²) in [5.74, 6) is -7.57. The number of guanidine groups is 1. The highest BCUT2D eigenvalue weighted by atomic mass is 16.4. The number of imidazole rings is 1. The molecule has 1 aliphatic heterocycles. The van der Waals surface area contributed by atoms with Crippen molar-refractivity contribution in [1.82, 2.24) is 25.5 Å². The van der Waals surface area contributed by atoms with Crippen LogP contribution in [0.25, 0.3) is 0 Å². The van der Waals surface area contributed by atoms with E-state index in [9.17, 15) is 48.6 Å². The van der Waals surface area contributed by atoms with Crippen LogP contribution in [0.1, 0.15) is 95.7 Å². The Morgan fingerprint density at radius 1 is 0.922 bits per heavy atom. The molecule has 2 fully saturated rings. The van der Waals surface area contributed by atoms with Crippen LogP contribution in [0.15, 0.2) is 41.8 Å². The largest absolute Gasteiger partial charge is 0.508 e. The Labute approximate surface area is 371 Å². The molecule has 3 amide bonds. The summed E-state index contributed by atoms with van der Waals surface area (Å²) in [4.78, 5) is 117. The summed E-state index contributed by atoms with van der Waals surface area (Å²) in [6.45, 7) is 3.93. The predicted octanol–water partition coefficient (Wildman–Crippen LogP) is 0.984. The number of phenols is 1. The number of ketones is 3. The predicted molar refractivity (Wildman–Crippen MR) is 232 cm³/mol. The van der Waals surface area contributed by atoms with E-state index in [0.717, 1.165) is 0 Å². The van der Waals surface area contributed by atoms with Gasteiger partial charge in [0.15, 0.2) is 17.5 Å². The van der Waals surface area contributed by atoms with Crippen LogP contribution in [0.4, 0.5) is 0 Å². The number of likely N-dealkylation sites (tertiary alicyclic amines) is 1. The number of amides is 3. The Balaban J connectivity index is 1.40. The summed E-state index contributed by atoms with van der Waals surface area (Å²) in [6.07, 6.45) is 5.08. The number of carbonyl (C=O) groups is 8. The fourth-order valence-corrected chi connectivity index (χ4v) is 8.35. The van der Waals surface area contributed by atoms with Gasteiger partial charge in [0.1, 0.15) is 17.6 Å². The van der Waals surface area contributed by atoms with Gasteiger partial charge >= 0.3 is 11.9 Å². The first kappa shape index (κ1) is 50.5. The van der Waals surface area contributed by atoms with E-state index in [-0.39, 0.29) is 92.5 Å².